The molecule has 5 nitrogen and oxygen atoms in total. The minimum atomic E-state index is -0.749. The molecule has 1 aromatic heterocycles. The molecule has 1 saturated heterocycles. The number of nitrogens with zero attached hydrogens (tertiary/aromatic N) is 2. The summed E-state index contributed by atoms with van der Waals surface area (Å²) in [5.41, 5.74) is 0.532. The first-order chi connectivity index (χ1) is 12.1. The quantitative estimate of drug-likeness (QED) is 0.832. The van der Waals surface area contributed by atoms with Crippen LogP contribution in [-0.2, 0) is 11.3 Å². The Morgan fingerprint density at radius 3 is 2.68 bits per heavy atom. The smallest absolute Gasteiger partial charge is 0.254 e. The largest absolute Gasteiger partial charge is 0.389 e. The van der Waals surface area contributed by atoms with Gasteiger partial charge in [-0.2, -0.15) is 0 Å². The summed E-state index contributed by atoms with van der Waals surface area (Å²) in [5.74, 6) is -0.364. The molecule has 25 heavy (non-hydrogen) atoms. The molecule has 2 heterocycles. The zero-order valence-corrected chi connectivity index (χ0v) is 15.6. The number of hydrogen-bond donors (Lipinski definition) is 1. The molecule has 1 fully saturated rings. The lowest BCUT2D eigenvalue weighted by molar-refractivity contribution is -0.131. The van der Waals surface area contributed by atoms with Crippen molar-refractivity contribution in [2.24, 2.45) is 0 Å². The van der Waals surface area contributed by atoms with E-state index in [4.69, 9.17) is 0 Å². The number of aliphatic hydroxyl groups excluding tert-OH is 1. The Hall–Kier alpha value is -1.83. The molecule has 2 aromatic rings. The van der Waals surface area contributed by atoms with Crippen LogP contribution in [0.15, 0.2) is 46.7 Å². The average Bonchev–Trinajstić information content (AvgIpc) is 3.08. The molecule has 0 bridgehead atoms. The van der Waals surface area contributed by atoms with E-state index < -0.39 is 6.10 Å². The van der Waals surface area contributed by atoms with Crippen molar-refractivity contribution < 1.29 is 14.7 Å². The van der Waals surface area contributed by atoms with Gasteiger partial charge in [-0.05, 0) is 42.0 Å². The monoisotopic (exact) mass is 376 g/mol. The highest BCUT2D eigenvalue weighted by molar-refractivity contribution is 7.98. The number of carbonyl (C=O) groups is 2. The van der Waals surface area contributed by atoms with Gasteiger partial charge in [-0.15, -0.1) is 23.1 Å². The number of thioether (sulfide) groups is 1. The van der Waals surface area contributed by atoms with E-state index in [1.807, 2.05) is 35.9 Å². The van der Waals surface area contributed by atoms with Gasteiger partial charge in [-0.3, -0.25) is 9.59 Å². The van der Waals surface area contributed by atoms with Gasteiger partial charge in [0.2, 0.25) is 5.91 Å². The standard InChI is InChI=1S/C18H20N2O3S2/c1-24-15-6-4-13(5-7-15)18(23)20-10-14(21)9-19(17(22)12-20)11-16-3-2-8-25-16/h2-8,14,21H,9-12H2,1H3. The van der Waals surface area contributed by atoms with E-state index in [0.29, 0.717) is 12.1 Å². The number of aliphatic hydroxyl groups is 1. The van der Waals surface area contributed by atoms with Gasteiger partial charge in [0.15, 0.2) is 0 Å². The van der Waals surface area contributed by atoms with Gasteiger partial charge < -0.3 is 14.9 Å². The van der Waals surface area contributed by atoms with Crippen LogP contribution in [0.5, 0.6) is 0 Å². The number of amides is 2. The zero-order chi connectivity index (χ0) is 17.8. The maximum absolute atomic E-state index is 12.7. The Labute approximate surface area is 155 Å². The fraction of sp³-hybridized carbons (Fsp3) is 0.333. The van der Waals surface area contributed by atoms with Crippen LogP contribution in [0.3, 0.4) is 0 Å². The summed E-state index contributed by atoms with van der Waals surface area (Å²) in [6, 6.07) is 11.2. The topological polar surface area (TPSA) is 60.9 Å². The first-order valence-corrected chi connectivity index (χ1v) is 10.1. The number of hydrogen-bond acceptors (Lipinski definition) is 5. The van der Waals surface area contributed by atoms with Crippen LogP contribution in [0.25, 0.3) is 0 Å². The Morgan fingerprint density at radius 1 is 1.28 bits per heavy atom. The van der Waals surface area contributed by atoms with Crippen molar-refractivity contribution in [2.45, 2.75) is 17.5 Å². The maximum Gasteiger partial charge on any atom is 0.254 e. The molecule has 1 N–H and O–H groups in total. The van der Waals surface area contributed by atoms with Gasteiger partial charge >= 0.3 is 0 Å². The maximum atomic E-state index is 12.7. The van der Waals surface area contributed by atoms with Gasteiger partial charge in [0.1, 0.15) is 6.54 Å². The molecule has 1 atom stereocenters. The predicted molar refractivity (Wildman–Crippen MR) is 99.9 cm³/mol. The lowest BCUT2D eigenvalue weighted by Crippen LogP contribution is -2.39. The van der Waals surface area contributed by atoms with E-state index in [0.717, 1.165) is 9.77 Å². The molecule has 3 rings (SSSR count). The van der Waals surface area contributed by atoms with E-state index in [1.165, 1.54) is 4.90 Å². The molecule has 2 amide bonds. The van der Waals surface area contributed by atoms with Crippen LogP contribution in [0, 0.1) is 0 Å². The van der Waals surface area contributed by atoms with Crippen LogP contribution in [0.1, 0.15) is 15.2 Å². The lowest BCUT2D eigenvalue weighted by atomic mass is 10.2. The third kappa shape index (κ3) is 4.42. The molecule has 1 aromatic carbocycles. The number of benzene rings is 1. The van der Waals surface area contributed by atoms with E-state index >= 15 is 0 Å². The van der Waals surface area contributed by atoms with Gasteiger partial charge in [0.25, 0.3) is 5.91 Å². The number of thiophene rings is 1. The second-order valence-electron chi connectivity index (χ2n) is 5.92. The Morgan fingerprint density at radius 2 is 2.04 bits per heavy atom. The number of β-amino-alcohol motifs (C(OH)–C–C–N with tert-alkyl or cyclic N) is 1. The molecule has 132 valence electrons. The summed E-state index contributed by atoms with van der Waals surface area (Å²) in [7, 11) is 0. The van der Waals surface area contributed by atoms with E-state index in [-0.39, 0.29) is 31.4 Å². The highest BCUT2D eigenvalue weighted by atomic mass is 32.2. The average molecular weight is 377 g/mol. The first-order valence-electron chi connectivity index (χ1n) is 7.98. The molecule has 0 saturated carbocycles. The van der Waals surface area contributed by atoms with Gasteiger partial charge in [0, 0.05) is 28.4 Å². The first kappa shape index (κ1) is 18.0. The summed E-state index contributed by atoms with van der Waals surface area (Å²) in [5, 5.41) is 12.2. The van der Waals surface area contributed by atoms with Crippen LogP contribution in [0.2, 0.25) is 0 Å². The molecular formula is C18H20N2O3S2. The molecule has 1 unspecified atom stereocenters. The second-order valence-corrected chi connectivity index (χ2v) is 7.83. The van der Waals surface area contributed by atoms with Gasteiger partial charge in [0.05, 0.1) is 12.6 Å². The third-order valence-corrected chi connectivity index (χ3v) is 5.70. The molecule has 1 aliphatic heterocycles. The lowest BCUT2D eigenvalue weighted by Gasteiger charge is -2.21. The zero-order valence-electron chi connectivity index (χ0n) is 13.9. The molecule has 0 aliphatic carbocycles. The van der Waals surface area contributed by atoms with Crippen molar-refractivity contribution in [1.29, 1.82) is 0 Å². The summed E-state index contributed by atoms with van der Waals surface area (Å²) < 4.78 is 0. The highest BCUT2D eigenvalue weighted by Crippen LogP contribution is 2.18. The van der Waals surface area contributed by atoms with Crippen LogP contribution in [-0.4, -0.2) is 58.7 Å². The number of rotatable bonds is 4. The summed E-state index contributed by atoms with van der Waals surface area (Å²) in [6.07, 6.45) is 1.23. The molecule has 7 heteroatoms. The molecule has 0 spiro atoms. The molecule has 0 radical (unpaired) electrons. The van der Waals surface area contributed by atoms with E-state index in [1.54, 1.807) is 40.1 Å². The third-order valence-electron chi connectivity index (χ3n) is 4.09. The minimum Gasteiger partial charge on any atom is -0.389 e. The Kier molecular flexibility index (Phi) is 5.78. The van der Waals surface area contributed by atoms with E-state index in [2.05, 4.69) is 0 Å². The summed E-state index contributed by atoms with van der Waals surface area (Å²) in [6.45, 7) is 0.866. The number of carbonyl (C=O) groups excluding carboxylic acids is 2. The Balaban J connectivity index is 1.72. The van der Waals surface area contributed by atoms with Crippen LogP contribution >= 0.6 is 23.1 Å². The predicted octanol–water partition coefficient (Wildman–Crippen LogP) is 2.32. The van der Waals surface area contributed by atoms with Crippen molar-refractivity contribution in [1.82, 2.24) is 9.80 Å². The van der Waals surface area contributed by atoms with Crippen molar-refractivity contribution in [3.05, 3.63) is 52.2 Å². The van der Waals surface area contributed by atoms with Crippen LogP contribution < -0.4 is 0 Å². The van der Waals surface area contributed by atoms with Crippen molar-refractivity contribution in [3.63, 3.8) is 0 Å². The molecule has 1 aliphatic rings. The van der Waals surface area contributed by atoms with Crippen molar-refractivity contribution in [3.8, 4) is 0 Å². The van der Waals surface area contributed by atoms with Gasteiger partial charge in [-0.1, -0.05) is 6.07 Å². The van der Waals surface area contributed by atoms with E-state index in [9.17, 15) is 14.7 Å². The highest BCUT2D eigenvalue weighted by Gasteiger charge is 2.30. The van der Waals surface area contributed by atoms with Crippen LogP contribution in [0.4, 0.5) is 0 Å². The second kappa shape index (κ2) is 8.03. The van der Waals surface area contributed by atoms with Crippen molar-refractivity contribution in [2.75, 3.05) is 25.9 Å². The Bertz CT molecular complexity index is 731. The fourth-order valence-corrected chi connectivity index (χ4v) is 3.94. The fourth-order valence-electron chi connectivity index (χ4n) is 2.81. The summed E-state index contributed by atoms with van der Waals surface area (Å²) >= 11 is 3.18. The van der Waals surface area contributed by atoms with Crippen molar-refractivity contribution >= 4 is 34.9 Å². The SMILES string of the molecule is CSc1ccc(C(=O)N2CC(=O)N(Cc3cccs3)CC(O)C2)cc1. The normalized spacial score (nSPS) is 18.3. The minimum absolute atomic E-state index is 0.00839. The molecular weight excluding hydrogens is 356 g/mol. The summed E-state index contributed by atoms with van der Waals surface area (Å²) in [4.78, 5) is 30.5. The van der Waals surface area contributed by atoms with Gasteiger partial charge in [-0.25, -0.2) is 0 Å².